The van der Waals surface area contributed by atoms with Crippen molar-refractivity contribution in [1.82, 2.24) is 15.6 Å². The maximum Gasteiger partial charge on any atom is 0.225 e. The fraction of sp³-hybridized carbons (Fsp3) is 0.444. The number of amides is 1. The topological polar surface area (TPSA) is 54.0 Å². The molecule has 0 spiro atoms. The Labute approximate surface area is 141 Å². The second kappa shape index (κ2) is 7.23. The van der Waals surface area contributed by atoms with Gasteiger partial charge in [-0.2, -0.15) is 0 Å². The van der Waals surface area contributed by atoms with Crippen molar-refractivity contribution in [2.75, 3.05) is 13.1 Å². The molecule has 2 N–H and O–H groups in total. The number of benzene rings is 1. The number of carbonyl (C=O) groups excluding carboxylic acids is 1. The summed E-state index contributed by atoms with van der Waals surface area (Å²) in [6.45, 7) is 5.99. The van der Waals surface area contributed by atoms with Gasteiger partial charge in [0.05, 0.1) is 17.1 Å². The van der Waals surface area contributed by atoms with E-state index in [0.29, 0.717) is 6.42 Å². The first-order valence-electron chi connectivity index (χ1n) is 8.15. The van der Waals surface area contributed by atoms with E-state index < -0.39 is 0 Å². The molecule has 23 heavy (non-hydrogen) atoms. The number of aromatic nitrogens is 1. The minimum absolute atomic E-state index is 0.0933. The minimum Gasteiger partial charge on any atom is -0.352 e. The molecule has 1 amide bonds. The van der Waals surface area contributed by atoms with Crippen LogP contribution in [0.15, 0.2) is 24.3 Å². The Morgan fingerprint density at radius 2 is 2.13 bits per heavy atom. The Kier molecular flexibility index (Phi) is 5.08. The Bertz CT molecular complexity index is 672. The third-order valence-electron chi connectivity index (χ3n) is 4.11. The largest absolute Gasteiger partial charge is 0.352 e. The zero-order chi connectivity index (χ0) is 16.2. The lowest BCUT2D eigenvalue weighted by Gasteiger charge is -2.23. The summed E-state index contributed by atoms with van der Waals surface area (Å²) >= 11 is 1.62. The van der Waals surface area contributed by atoms with E-state index in [9.17, 15) is 4.79 Å². The SMILES string of the molecule is Cc1ccc(-c2nc(C)sc2CC(=O)N[C@H]2CCCNC2)cc1. The van der Waals surface area contributed by atoms with E-state index >= 15 is 0 Å². The lowest BCUT2D eigenvalue weighted by Crippen LogP contribution is -2.46. The highest BCUT2D eigenvalue weighted by atomic mass is 32.1. The van der Waals surface area contributed by atoms with Crippen LogP contribution >= 0.6 is 11.3 Å². The van der Waals surface area contributed by atoms with E-state index in [1.165, 1.54) is 5.56 Å². The highest BCUT2D eigenvalue weighted by Crippen LogP contribution is 2.28. The van der Waals surface area contributed by atoms with Crippen LogP contribution in [0.5, 0.6) is 0 Å². The molecule has 1 aromatic heterocycles. The summed E-state index contributed by atoms with van der Waals surface area (Å²) in [4.78, 5) is 18.1. The summed E-state index contributed by atoms with van der Waals surface area (Å²) in [6, 6.07) is 8.59. The van der Waals surface area contributed by atoms with Crippen molar-refractivity contribution in [3.63, 3.8) is 0 Å². The van der Waals surface area contributed by atoms with Crippen LogP contribution in [0.4, 0.5) is 0 Å². The molecule has 0 bridgehead atoms. The molecule has 122 valence electrons. The fourth-order valence-corrected chi connectivity index (χ4v) is 3.88. The van der Waals surface area contributed by atoms with E-state index in [4.69, 9.17) is 0 Å². The van der Waals surface area contributed by atoms with E-state index in [1.807, 2.05) is 6.92 Å². The monoisotopic (exact) mass is 329 g/mol. The zero-order valence-electron chi connectivity index (χ0n) is 13.7. The number of piperidine rings is 1. The molecule has 0 saturated carbocycles. The molecule has 1 aliphatic rings. The van der Waals surface area contributed by atoms with E-state index in [-0.39, 0.29) is 11.9 Å². The average molecular weight is 329 g/mol. The number of aryl methyl sites for hydroxylation is 2. The smallest absolute Gasteiger partial charge is 0.225 e. The molecule has 1 saturated heterocycles. The van der Waals surface area contributed by atoms with E-state index in [2.05, 4.69) is 46.8 Å². The van der Waals surface area contributed by atoms with Crippen molar-refractivity contribution < 1.29 is 4.79 Å². The van der Waals surface area contributed by atoms with Gasteiger partial charge >= 0.3 is 0 Å². The average Bonchev–Trinajstić information content (AvgIpc) is 2.89. The third-order valence-corrected chi connectivity index (χ3v) is 5.08. The second-order valence-electron chi connectivity index (χ2n) is 6.16. The van der Waals surface area contributed by atoms with Crippen LogP contribution in [0.2, 0.25) is 0 Å². The molecule has 2 aromatic rings. The van der Waals surface area contributed by atoms with Gasteiger partial charge in [-0.15, -0.1) is 11.3 Å². The Hall–Kier alpha value is -1.72. The summed E-state index contributed by atoms with van der Waals surface area (Å²) in [6.07, 6.45) is 2.59. The first-order valence-corrected chi connectivity index (χ1v) is 8.97. The molecular formula is C18H23N3OS. The molecule has 5 heteroatoms. The van der Waals surface area contributed by atoms with Crippen LogP contribution < -0.4 is 10.6 Å². The summed E-state index contributed by atoms with van der Waals surface area (Å²) in [7, 11) is 0. The van der Waals surface area contributed by atoms with Crippen LogP contribution in [0.3, 0.4) is 0 Å². The van der Waals surface area contributed by atoms with Crippen LogP contribution in [-0.2, 0) is 11.2 Å². The Morgan fingerprint density at radius 1 is 1.35 bits per heavy atom. The number of nitrogens with one attached hydrogen (secondary N) is 2. The Morgan fingerprint density at radius 3 is 2.83 bits per heavy atom. The van der Waals surface area contributed by atoms with Crippen molar-refractivity contribution in [3.05, 3.63) is 39.7 Å². The highest BCUT2D eigenvalue weighted by Gasteiger charge is 2.18. The lowest BCUT2D eigenvalue weighted by molar-refractivity contribution is -0.121. The molecule has 1 atom stereocenters. The van der Waals surface area contributed by atoms with Crippen LogP contribution in [0, 0.1) is 13.8 Å². The van der Waals surface area contributed by atoms with E-state index in [1.54, 1.807) is 11.3 Å². The number of hydrogen-bond donors (Lipinski definition) is 2. The predicted octanol–water partition coefficient (Wildman–Crippen LogP) is 2.84. The summed E-state index contributed by atoms with van der Waals surface area (Å²) < 4.78 is 0. The first-order chi connectivity index (χ1) is 11.1. The number of rotatable bonds is 4. The quantitative estimate of drug-likeness (QED) is 0.907. The lowest BCUT2D eigenvalue weighted by atomic mass is 10.1. The van der Waals surface area contributed by atoms with Gasteiger partial charge in [-0.25, -0.2) is 4.98 Å². The van der Waals surface area contributed by atoms with Gasteiger partial charge in [0, 0.05) is 23.0 Å². The predicted molar refractivity (Wildman–Crippen MR) is 94.8 cm³/mol. The minimum atomic E-state index is 0.0933. The van der Waals surface area contributed by atoms with Gasteiger partial charge in [0.2, 0.25) is 5.91 Å². The summed E-state index contributed by atoms with van der Waals surface area (Å²) in [5.74, 6) is 0.0933. The van der Waals surface area contributed by atoms with Crippen molar-refractivity contribution in [3.8, 4) is 11.3 Å². The van der Waals surface area contributed by atoms with Crippen LogP contribution in [0.1, 0.15) is 28.3 Å². The molecule has 4 nitrogen and oxygen atoms in total. The van der Waals surface area contributed by atoms with Gasteiger partial charge in [-0.05, 0) is 33.2 Å². The molecule has 0 unspecified atom stereocenters. The van der Waals surface area contributed by atoms with Gasteiger partial charge in [0.25, 0.3) is 0 Å². The maximum absolute atomic E-state index is 12.4. The number of nitrogens with zero attached hydrogens (tertiary/aromatic N) is 1. The Balaban J connectivity index is 1.72. The zero-order valence-corrected chi connectivity index (χ0v) is 14.5. The normalized spacial score (nSPS) is 17.9. The molecular weight excluding hydrogens is 306 g/mol. The van der Waals surface area contributed by atoms with Gasteiger partial charge in [-0.1, -0.05) is 29.8 Å². The van der Waals surface area contributed by atoms with Crippen molar-refractivity contribution in [2.45, 2.75) is 39.2 Å². The number of hydrogen-bond acceptors (Lipinski definition) is 4. The highest BCUT2D eigenvalue weighted by molar-refractivity contribution is 7.12. The fourth-order valence-electron chi connectivity index (χ4n) is 2.93. The molecule has 1 fully saturated rings. The maximum atomic E-state index is 12.4. The number of carbonyl (C=O) groups is 1. The first kappa shape index (κ1) is 16.1. The van der Waals surface area contributed by atoms with Gasteiger partial charge < -0.3 is 10.6 Å². The van der Waals surface area contributed by atoms with Crippen molar-refractivity contribution >= 4 is 17.2 Å². The molecule has 2 heterocycles. The van der Waals surface area contributed by atoms with Crippen LogP contribution in [-0.4, -0.2) is 30.0 Å². The third kappa shape index (κ3) is 4.18. The van der Waals surface area contributed by atoms with Crippen molar-refractivity contribution in [1.29, 1.82) is 0 Å². The molecule has 1 aromatic carbocycles. The molecule has 1 aliphatic heterocycles. The van der Waals surface area contributed by atoms with E-state index in [0.717, 1.165) is 47.1 Å². The van der Waals surface area contributed by atoms with Crippen LogP contribution in [0.25, 0.3) is 11.3 Å². The molecule has 0 aliphatic carbocycles. The summed E-state index contributed by atoms with van der Waals surface area (Å²) in [5.41, 5.74) is 3.26. The van der Waals surface area contributed by atoms with Gasteiger partial charge in [0.1, 0.15) is 0 Å². The summed E-state index contributed by atoms with van der Waals surface area (Å²) in [5, 5.41) is 7.47. The van der Waals surface area contributed by atoms with Gasteiger partial charge in [-0.3, -0.25) is 4.79 Å². The molecule has 3 rings (SSSR count). The molecule has 0 radical (unpaired) electrons. The van der Waals surface area contributed by atoms with Crippen molar-refractivity contribution in [2.24, 2.45) is 0 Å². The standard InChI is InChI=1S/C18H23N3OS/c1-12-5-7-14(8-6-12)18-16(23-13(2)20-18)10-17(22)21-15-4-3-9-19-11-15/h5-8,15,19H,3-4,9-11H2,1-2H3,(H,21,22)/t15-/m0/s1. The second-order valence-corrected chi connectivity index (χ2v) is 7.45. The number of thiazole rings is 1. The van der Waals surface area contributed by atoms with Gasteiger partial charge in [0.15, 0.2) is 0 Å².